The molecule has 0 spiro atoms. The first kappa shape index (κ1) is 62.7. The van der Waals surface area contributed by atoms with Crippen molar-refractivity contribution in [3.63, 3.8) is 0 Å². The monoisotopic (exact) mass is 1050 g/mol. The van der Waals surface area contributed by atoms with Crippen LogP contribution in [0.15, 0.2) is 29.2 Å². The van der Waals surface area contributed by atoms with Crippen molar-refractivity contribution in [1.29, 1.82) is 0 Å². The highest BCUT2D eigenvalue weighted by atomic mass is 31.3. The summed E-state index contributed by atoms with van der Waals surface area (Å²) in [5.41, 5.74) is 4.81. The molecule has 2 bridgehead atoms. The molecule has 1 aromatic heterocycles. The number of nitrogens with two attached hydrogens (primary N) is 1. The molecule has 1 aromatic rings. The lowest BCUT2D eigenvalue weighted by Gasteiger charge is -2.41. The molecule has 0 aromatic carbocycles. The van der Waals surface area contributed by atoms with Gasteiger partial charge in [0.25, 0.3) is 0 Å². The fraction of sp³-hybridized carbons (Fsp3) is 0.833. The molecular formula is C48H85N3O18P2. The molecule has 12 atom stereocenters. The second kappa shape index (κ2) is 34.0. The number of nitrogens with zero attached hydrogens (tertiary/aromatic N) is 2. The Hall–Kier alpha value is -2.62. The maximum absolute atomic E-state index is 13.3. The summed E-state index contributed by atoms with van der Waals surface area (Å²) in [5.74, 6) is -3.96. The number of hydrogen-bond donors (Lipinski definition) is 8. The van der Waals surface area contributed by atoms with E-state index in [2.05, 4.69) is 16.2 Å². The maximum atomic E-state index is 13.3. The quantitative estimate of drug-likeness (QED) is 0.0241. The van der Waals surface area contributed by atoms with Gasteiger partial charge < -0.3 is 55.3 Å². The van der Waals surface area contributed by atoms with Gasteiger partial charge in [-0.2, -0.15) is 9.29 Å². The average molecular weight is 1050 g/mol. The summed E-state index contributed by atoms with van der Waals surface area (Å²) in [5, 5.41) is 57.5. The Bertz CT molecular complexity index is 1860. The fourth-order valence-electron chi connectivity index (χ4n) is 8.80. The van der Waals surface area contributed by atoms with E-state index in [0.717, 1.165) is 43.1 Å². The van der Waals surface area contributed by atoms with Crippen molar-refractivity contribution >= 4 is 33.4 Å². The summed E-state index contributed by atoms with van der Waals surface area (Å²) in [6.07, 6.45) is 9.55. The van der Waals surface area contributed by atoms with Crippen molar-refractivity contribution in [3.05, 3.63) is 34.9 Å². The number of fused-ring (bicyclic) bond motifs is 3. The first-order valence-corrected chi connectivity index (χ1v) is 28.9. The first-order valence-electron chi connectivity index (χ1n) is 26.0. The molecule has 0 aliphatic carbocycles. The minimum atomic E-state index is -5.69. The number of cyclic esters (lactones) is 1. The number of rotatable bonds is 23. The molecule has 3 rings (SSSR count). The largest absolute Gasteiger partial charge is 0.481 e. The fourth-order valence-corrected chi connectivity index (χ4v) is 10.9. The number of aromatic nitrogens is 2. The van der Waals surface area contributed by atoms with Crippen molar-refractivity contribution in [1.82, 2.24) is 9.55 Å². The number of nitrogen functional groups attached to an aromatic ring is 1. The molecule has 2 aliphatic heterocycles. The summed E-state index contributed by atoms with van der Waals surface area (Å²) in [6.45, 7) is 1.56. The third-order valence-electron chi connectivity index (χ3n) is 12.9. The van der Waals surface area contributed by atoms with Gasteiger partial charge in [-0.25, -0.2) is 13.9 Å². The predicted octanol–water partition coefficient (Wildman–Crippen LogP) is 6.83. The van der Waals surface area contributed by atoms with E-state index in [4.69, 9.17) is 29.0 Å². The van der Waals surface area contributed by atoms with Crippen LogP contribution in [0, 0.1) is 11.8 Å². The molecule has 410 valence electrons. The van der Waals surface area contributed by atoms with Crippen LogP contribution in [0.4, 0.5) is 5.82 Å². The highest BCUT2D eigenvalue weighted by molar-refractivity contribution is 7.61. The highest BCUT2D eigenvalue weighted by Crippen LogP contribution is 2.60. The summed E-state index contributed by atoms with van der Waals surface area (Å²) in [4.78, 5) is 64.1. The van der Waals surface area contributed by atoms with Gasteiger partial charge in [0.05, 0.1) is 37.6 Å². The molecule has 2 fully saturated rings. The van der Waals surface area contributed by atoms with E-state index in [1.165, 1.54) is 75.8 Å². The van der Waals surface area contributed by atoms with Crippen LogP contribution in [0.3, 0.4) is 0 Å². The maximum Gasteiger partial charge on any atom is 0.481 e. The number of phosphoric ester groups is 2. The predicted molar refractivity (Wildman–Crippen MR) is 263 cm³/mol. The normalized spacial score (nSPS) is 30.7. The van der Waals surface area contributed by atoms with E-state index in [9.17, 15) is 58.8 Å². The van der Waals surface area contributed by atoms with Crippen molar-refractivity contribution < 1.29 is 81.6 Å². The van der Waals surface area contributed by atoms with Crippen molar-refractivity contribution in [3.8, 4) is 0 Å². The Morgan fingerprint density at radius 2 is 1.42 bits per heavy atom. The minimum Gasteiger partial charge on any atom is -0.462 e. The Kier molecular flexibility index (Phi) is 30.1. The molecule has 23 heteroatoms. The average Bonchev–Trinajstić information content (AvgIpc) is 3.30. The second-order valence-electron chi connectivity index (χ2n) is 19.0. The molecular weight excluding hydrogens is 968 g/mol. The number of ether oxygens (including phenoxy) is 3. The molecule has 0 radical (unpaired) electrons. The summed E-state index contributed by atoms with van der Waals surface area (Å²) >= 11 is 0. The second-order valence-corrected chi connectivity index (χ2v) is 22.0. The van der Waals surface area contributed by atoms with Crippen LogP contribution in [-0.4, -0.2) is 119 Å². The standard InChI is InChI=1S/C48H85N3O18P2/c1-3-5-7-8-9-10-11-12-13-14-15-16-21-25-43(55)64-32-36-33-65-70(60,61)69-71(62,63)66-34-41-46(58)45(57)37(28-27-35(52)23-19-6-4-2)39(53)31-40(54)38(24-20-17-18-22-26-44(56)67-36)47(68-41)51-30-29-42(49)50-48(51)59/h27-30,35-41,45-47,52-54,57-58H,3-26,31-34H2,1-2H3,(H,60,61)(H,62,63)(H2,49,50,59)/b28-27-/t35-,36+,37-,38-,39+,40-,41+,45-,46+,47+/m0/s1. The van der Waals surface area contributed by atoms with Gasteiger partial charge in [0.1, 0.15) is 30.9 Å². The van der Waals surface area contributed by atoms with Crippen molar-refractivity contribution in [2.45, 2.75) is 223 Å². The number of aliphatic hydroxyl groups excluding tert-OH is 5. The molecule has 0 amide bonds. The number of aliphatic hydroxyl groups is 5. The topological polar surface area (TPSA) is 326 Å². The summed E-state index contributed by atoms with van der Waals surface area (Å²) in [6, 6.07) is 1.26. The Morgan fingerprint density at radius 3 is 2.06 bits per heavy atom. The lowest BCUT2D eigenvalue weighted by molar-refractivity contribution is -0.195. The van der Waals surface area contributed by atoms with Crippen LogP contribution in [-0.2, 0) is 46.3 Å². The van der Waals surface area contributed by atoms with E-state index in [1.807, 2.05) is 6.92 Å². The number of esters is 2. The zero-order valence-corrected chi connectivity index (χ0v) is 43.7. The van der Waals surface area contributed by atoms with Gasteiger partial charge in [-0.05, 0) is 31.7 Å². The zero-order chi connectivity index (χ0) is 52.2. The molecule has 9 N–H and O–H groups in total. The van der Waals surface area contributed by atoms with Gasteiger partial charge in [-0.1, -0.05) is 142 Å². The molecule has 2 aliphatic rings. The molecule has 21 nitrogen and oxygen atoms in total. The van der Waals surface area contributed by atoms with Gasteiger partial charge in [0, 0.05) is 37.3 Å². The molecule has 71 heavy (non-hydrogen) atoms. The first-order chi connectivity index (χ1) is 33.9. The molecule has 3 heterocycles. The minimum absolute atomic E-state index is 0.0920. The number of carbonyl (C=O) groups excluding carboxylic acids is 2. The molecule has 2 unspecified atom stereocenters. The van der Waals surface area contributed by atoms with Crippen molar-refractivity contribution in [2.24, 2.45) is 11.8 Å². The smallest absolute Gasteiger partial charge is 0.462 e. The van der Waals surface area contributed by atoms with Gasteiger partial charge >= 0.3 is 33.3 Å². The van der Waals surface area contributed by atoms with Gasteiger partial charge in [-0.15, -0.1) is 0 Å². The SMILES string of the molecule is CCCCCCCCCCCCCCCC(=O)OC[C@@H]1COP(=O)(O)OP(=O)(O)OC[C@H]2O[C@@H](n3ccc(N)nc3=O)[C@@H](CCCCCCC(=O)O1)[C@@H](O)C[C@@H](O)[C@H](/C=C\[C@@H](O)CCCCC)[C@H](O)[C@@H]2O. The number of unbranched alkanes of at least 4 members (excludes halogenated alkanes) is 14. The number of hydrogen-bond acceptors (Lipinski definition) is 18. The van der Waals surface area contributed by atoms with E-state index in [0.29, 0.717) is 44.9 Å². The lowest BCUT2D eigenvalue weighted by Crippen LogP contribution is -2.52. The van der Waals surface area contributed by atoms with Crippen LogP contribution in [0.5, 0.6) is 0 Å². The third kappa shape index (κ3) is 25.0. The number of phosphoric acid groups is 2. The van der Waals surface area contributed by atoms with Gasteiger partial charge in [0.15, 0.2) is 6.10 Å². The lowest BCUT2D eigenvalue weighted by atomic mass is 9.82. The van der Waals surface area contributed by atoms with E-state index < -0.39 is 120 Å². The summed E-state index contributed by atoms with van der Waals surface area (Å²) in [7, 11) is -11.3. The Morgan fingerprint density at radius 1 is 0.831 bits per heavy atom. The van der Waals surface area contributed by atoms with Crippen molar-refractivity contribution in [2.75, 3.05) is 25.6 Å². The molecule has 0 saturated carbocycles. The van der Waals surface area contributed by atoms with E-state index >= 15 is 0 Å². The Balaban J connectivity index is 1.79. The van der Waals surface area contributed by atoms with Crippen LogP contribution in [0.1, 0.15) is 181 Å². The van der Waals surface area contributed by atoms with Crippen LogP contribution in [0.25, 0.3) is 0 Å². The number of anilines is 1. The summed E-state index contributed by atoms with van der Waals surface area (Å²) < 4.78 is 59.1. The number of carbonyl (C=O) groups is 2. The van der Waals surface area contributed by atoms with E-state index in [-0.39, 0.29) is 25.1 Å². The van der Waals surface area contributed by atoms with E-state index in [1.54, 1.807) is 0 Å². The van der Waals surface area contributed by atoms with Crippen LogP contribution >= 0.6 is 15.6 Å². The third-order valence-corrected chi connectivity index (χ3v) is 15.5. The van der Waals surface area contributed by atoms with Gasteiger partial charge in [-0.3, -0.25) is 23.2 Å². The van der Waals surface area contributed by atoms with Crippen LogP contribution < -0.4 is 11.4 Å². The molecule has 2 saturated heterocycles. The Labute approximate surface area is 419 Å². The van der Waals surface area contributed by atoms with Crippen LogP contribution in [0.2, 0.25) is 0 Å². The highest BCUT2D eigenvalue weighted by Gasteiger charge is 2.45. The zero-order valence-electron chi connectivity index (χ0n) is 41.9. The van der Waals surface area contributed by atoms with Gasteiger partial charge in [0.2, 0.25) is 0 Å².